The van der Waals surface area contributed by atoms with Crippen LogP contribution in [0.2, 0.25) is 0 Å². The Labute approximate surface area is 83.8 Å². The maximum absolute atomic E-state index is 11.4. The van der Waals surface area contributed by atoms with E-state index in [0.717, 1.165) is 12.8 Å². The van der Waals surface area contributed by atoms with Gasteiger partial charge in [0.2, 0.25) is 11.8 Å². The number of hydrogen-bond donors (Lipinski definition) is 2. The molecular formula is C10H16N2O2. The molecule has 2 N–H and O–H groups in total. The first-order valence-electron chi connectivity index (χ1n) is 4.87. The molecule has 1 aliphatic rings. The van der Waals surface area contributed by atoms with Crippen molar-refractivity contribution >= 4 is 11.8 Å². The second-order valence-electron chi connectivity index (χ2n) is 3.51. The van der Waals surface area contributed by atoms with Gasteiger partial charge in [-0.05, 0) is 32.8 Å². The van der Waals surface area contributed by atoms with Gasteiger partial charge in [0.1, 0.15) is 6.04 Å². The maximum Gasteiger partial charge on any atom is 0.244 e. The highest BCUT2D eigenvalue weighted by molar-refractivity contribution is 5.92. The van der Waals surface area contributed by atoms with E-state index < -0.39 is 6.04 Å². The van der Waals surface area contributed by atoms with Crippen molar-refractivity contribution < 1.29 is 9.59 Å². The Morgan fingerprint density at radius 2 is 2.07 bits per heavy atom. The van der Waals surface area contributed by atoms with Crippen LogP contribution in [0.15, 0.2) is 12.2 Å². The van der Waals surface area contributed by atoms with Gasteiger partial charge >= 0.3 is 0 Å². The topological polar surface area (TPSA) is 58.2 Å². The zero-order valence-corrected chi connectivity index (χ0v) is 8.54. The summed E-state index contributed by atoms with van der Waals surface area (Å²) in [5, 5.41) is 5.40. The molecule has 0 aromatic rings. The Morgan fingerprint density at radius 1 is 1.43 bits per heavy atom. The third-order valence-electron chi connectivity index (χ3n) is 1.99. The second-order valence-corrected chi connectivity index (χ2v) is 3.51. The van der Waals surface area contributed by atoms with E-state index in [4.69, 9.17) is 0 Å². The Kier molecular flexibility index (Phi) is 3.68. The molecule has 1 atom stereocenters. The van der Waals surface area contributed by atoms with E-state index in [1.807, 2.05) is 0 Å². The van der Waals surface area contributed by atoms with Crippen LogP contribution < -0.4 is 10.6 Å². The molecule has 1 rings (SSSR count). The minimum Gasteiger partial charge on any atom is -0.352 e. The minimum absolute atomic E-state index is 0.106. The maximum atomic E-state index is 11.4. The lowest BCUT2D eigenvalue weighted by atomic mass is 10.3. The van der Waals surface area contributed by atoms with Crippen molar-refractivity contribution in [3.05, 3.63) is 12.2 Å². The van der Waals surface area contributed by atoms with Crippen molar-refractivity contribution in [2.45, 2.75) is 38.8 Å². The largest absolute Gasteiger partial charge is 0.352 e. The van der Waals surface area contributed by atoms with Crippen LogP contribution in [0.5, 0.6) is 0 Å². The summed E-state index contributed by atoms with van der Waals surface area (Å²) in [6, 6.07) is -0.122. The predicted molar refractivity (Wildman–Crippen MR) is 53.6 cm³/mol. The first kappa shape index (κ1) is 10.8. The summed E-state index contributed by atoms with van der Waals surface area (Å²) >= 11 is 0. The van der Waals surface area contributed by atoms with Crippen LogP contribution in [0, 0.1) is 0 Å². The second kappa shape index (κ2) is 4.79. The molecule has 78 valence electrons. The molecule has 4 nitrogen and oxygen atoms in total. The van der Waals surface area contributed by atoms with Crippen LogP contribution in [0.4, 0.5) is 0 Å². The molecule has 0 radical (unpaired) electrons. The third kappa shape index (κ3) is 3.60. The van der Waals surface area contributed by atoms with E-state index >= 15 is 0 Å². The van der Waals surface area contributed by atoms with Crippen LogP contribution >= 0.6 is 0 Å². The van der Waals surface area contributed by atoms with Crippen LogP contribution in [0.25, 0.3) is 0 Å². The highest BCUT2D eigenvalue weighted by Gasteiger charge is 2.25. The fraction of sp³-hybridized carbons (Fsp3) is 0.600. The predicted octanol–water partition coefficient (Wildman–Crippen LogP) is 0.346. The Balaban J connectivity index is 2.28. The molecule has 0 bridgehead atoms. The van der Waals surface area contributed by atoms with Gasteiger partial charge in [-0.25, -0.2) is 0 Å². The van der Waals surface area contributed by atoms with Gasteiger partial charge in [-0.3, -0.25) is 9.59 Å². The van der Waals surface area contributed by atoms with Crippen LogP contribution in [-0.4, -0.2) is 23.9 Å². The van der Waals surface area contributed by atoms with E-state index in [2.05, 4.69) is 10.6 Å². The number of carbonyl (C=O) groups excluding carboxylic acids is 2. The zero-order valence-electron chi connectivity index (χ0n) is 8.54. The zero-order chi connectivity index (χ0) is 10.6. The summed E-state index contributed by atoms with van der Waals surface area (Å²) in [7, 11) is 0. The SMILES string of the molecule is C/C=C/C(=O)NC(C)C(=O)NC1CC1. The average Bonchev–Trinajstić information content (AvgIpc) is 2.88. The first-order chi connectivity index (χ1) is 6.63. The molecule has 0 heterocycles. The number of amides is 2. The van der Waals surface area contributed by atoms with Crippen molar-refractivity contribution in [2.75, 3.05) is 0 Å². The molecule has 0 aromatic heterocycles. The van der Waals surface area contributed by atoms with Crippen molar-refractivity contribution in [3.8, 4) is 0 Å². The van der Waals surface area contributed by atoms with Gasteiger partial charge in [0, 0.05) is 6.04 Å². The highest BCUT2D eigenvalue weighted by Crippen LogP contribution is 2.18. The van der Waals surface area contributed by atoms with Gasteiger partial charge in [0.05, 0.1) is 0 Å². The van der Waals surface area contributed by atoms with Gasteiger partial charge in [-0.2, -0.15) is 0 Å². The molecule has 2 amide bonds. The number of hydrogen-bond acceptors (Lipinski definition) is 2. The van der Waals surface area contributed by atoms with Gasteiger partial charge in [0.25, 0.3) is 0 Å². The van der Waals surface area contributed by atoms with E-state index in [0.29, 0.717) is 6.04 Å². The van der Waals surface area contributed by atoms with Crippen LogP contribution in [-0.2, 0) is 9.59 Å². The lowest BCUT2D eigenvalue weighted by Crippen LogP contribution is -2.44. The summed E-state index contributed by atoms with van der Waals surface area (Å²) in [6.45, 7) is 3.44. The fourth-order valence-corrected chi connectivity index (χ4v) is 1.03. The summed E-state index contributed by atoms with van der Waals surface area (Å²) < 4.78 is 0. The van der Waals surface area contributed by atoms with E-state index in [1.54, 1.807) is 19.9 Å². The monoisotopic (exact) mass is 196 g/mol. The Morgan fingerprint density at radius 3 is 2.57 bits per heavy atom. The summed E-state index contributed by atoms with van der Waals surface area (Å²) in [5.74, 6) is -0.337. The van der Waals surface area contributed by atoms with Gasteiger partial charge in [0.15, 0.2) is 0 Å². The number of rotatable bonds is 4. The fourth-order valence-electron chi connectivity index (χ4n) is 1.03. The smallest absolute Gasteiger partial charge is 0.244 e. The lowest BCUT2D eigenvalue weighted by molar-refractivity contribution is -0.126. The summed E-state index contributed by atoms with van der Waals surface area (Å²) in [4.78, 5) is 22.5. The minimum atomic E-state index is -0.459. The van der Waals surface area contributed by atoms with E-state index in [-0.39, 0.29) is 11.8 Å². The standard InChI is InChI=1S/C10H16N2O2/c1-3-4-9(13)11-7(2)10(14)12-8-5-6-8/h3-4,7-8H,5-6H2,1-2H3,(H,11,13)(H,12,14)/b4-3+. The average molecular weight is 196 g/mol. The van der Waals surface area contributed by atoms with Crippen LogP contribution in [0.3, 0.4) is 0 Å². The highest BCUT2D eigenvalue weighted by atomic mass is 16.2. The van der Waals surface area contributed by atoms with Crippen molar-refractivity contribution in [1.82, 2.24) is 10.6 Å². The molecule has 0 aliphatic heterocycles. The molecule has 1 unspecified atom stereocenters. The molecule has 0 spiro atoms. The van der Waals surface area contributed by atoms with Crippen molar-refractivity contribution in [3.63, 3.8) is 0 Å². The molecule has 1 aliphatic carbocycles. The summed E-state index contributed by atoms with van der Waals surface area (Å²) in [6.07, 6.45) is 5.16. The van der Waals surface area contributed by atoms with Crippen LogP contribution in [0.1, 0.15) is 26.7 Å². The molecule has 0 aromatic carbocycles. The Bertz CT molecular complexity index is 257. The normalized spacial score (nSPS) is 17.9. The molecule has 14 heavy (non-hydrogen) atoms. The molecule has 1 saturated carbocycles. The lowest BCUT2D eigenvalue weighted by Gasteiger charge is -2.12. The van der Waals surface area contributed by atoms with Gasteiger partial charge < -0.3 is 10.6 Å². The quantitative estimate of drug-likeness (QED) is 0.637. The number of nitrogens with one attached hydrogen (secondary N) is 2. The molecule has 1 fully saturated rings. The first-order valence-corrected chi connectivity index (χ1v) is 4.87. The molecular weight excluding hydrogens is 180 g/mol. The third-order valence-corrected chi connectivity index (χ3v) is 1.99. The van der Waals surface area contributed by atoms with Crippen molar-refractivity contribution in [2.24, 2.45) is 0 Å². The molecule has 4 heteroatoms. The summed E-state index contributed by atoms with van der Waals surface area (Å²) in [5.41, 5.74) is 0. The van der Waals surface area contributed by atoms with E-state index in [9.17, 15) is 9.59 Å². The van der Waals surface area contributed by atoms with Gasteiger partial charge in [-0.1, -0.05) is 6.08 Å². The number of carbonyl (C=O) groups is 2. The van der Waals surface area contributed by atoms with E-state index in [1.165, 1.54) is 6.08 Å². The molecule has 0 saturated heterocycles. The van der Waals surface area contributed by atoms with Crippen molar-refractivity contribution in [1.29, 1.82) is 0 Å². The Hall–Kier alpha value is -1.32. The van der Waals surface area contributed by atoms with Gasteiger partial charge in [-0.15, -0.1) is 0 Å². The number of allylic oxidation sites excluding steroid dienone is 1.